The van der Waals surface area contributed by atoms with Gasteiger partial charge in [-0.15, -0.1) is 0 Å². The van der Waals surface area contributed by atoms with Crippen LogP contribution in [-0.4, -0.2) is 11.7 Å². The molecule has 0 saturated carbocycles. The SMILES string of the molecule is CCNCc1no[n+]([O-])c1C. The Balaban J connectivity index is 2.63. The first kappa shape index (κ1) is 8.00. The molecule has 0 aliphatic heterocycles. The Morgan fingerprint density at radius 2 is 2.45 bits per heavy atom. The molecule has 0 aliphatic carbocycles. The molecular weight excluding hydrogens is 146 g/mol. The summed E-state index contributed by atoms with van der Waals surface area (Å²) in [5, 5.41) is 17.3. The summed E-state index contributed by atoms with van der Waals surface area (Å²) in [7, 11) is 0. The van der Waals surface area contributed by atoms with Crippen molar-refractivity contribution in [3.63, 3.8) is 0 Å². The predicted molar refractivity (Wildman–Crippen MR) is 37.6 cm³/mol. The van der Waals surface area contributed by atoms with Crippen LogP contribution in [0.2, 0.25) is 0 Å². The summed E-state index contributed by atoms with van der Waals surface area (Å²) < 4.78 is 4.36. The minimum absolute atomic E-state index is 0.409. The van der Waals surface area contributed by atoms with Crippen LogP contribution in [0.1, 0.15) is 18.3 Å². The van der Waals surface area contributed by atoms with Crippen molar-refractivity contribution in [2.45, 2.75) is 20.4 Å². The maximum absolute atomic E-state index is 10.7. The summed E-state index contributed by atoms with van der Waals surface area (Å²) in [6.45, 7) is 5.10. The van der Waals surface area contributed by atoms with Gasteiger partial charge >= 0.3 is 0 Å². The highest BCUT2D eigenvalue weighted by molar-refractivity contribution is 4.99. The van der Waals surface area contributed by atoms with Crippen molar-refractivity contribution in [3.8, 4) is 0 Å². The molecule has 1 heterocycles. The Morgan fingerprint density at radius 1 is 1.73 bits per heavy atom. The maximum atomic E-state index is 10.7. The number of rotatable bonds is 3. The Morgan fingerprint density at radius 3 is 2.91 bits per heavy atom. The van der Waals surface area contributed by atoms with E-state index in [4.69, 9.17) is 0 Å². The fourth-order valence-electron chi connectivity index (χ4n) is 0.723. The van der Waals surface area contributed by atoms with Crippen molar-refractivity contribution < 1.29 is 9.53 Å². The lowest BCUT2D eigenvalue weighted by Crippen LogP contribution is -2.26. The van der Waals surface area contributed by atoms with Gasteiger partial charge in [0.25, 0.3) is 0 Å². The van der Waals surface area contributed by atoms with Crippen molar-refractivity contribution in [1.29, 1.82) is 0 Å². The van der Waals surface area contributed by atoms with Crippen LogP contribution in [-0.2, 0) is 6.54 Å². The average molecular weight is 157 g/mol. The van der Waals surface area contributed by atoms with Gasteiger partial charge in [0.05, 0.1) is 6.54 Å². The number of aromatic nitrogens is 2. The van der Waals surface area contributed by atoms with Crippen LogP contribution in [0.15, 0.2) is 4.63 Å². The second-order valence-electron chi connectivity index (χ2n) is 2.24. The van der Waals surface area contributed by atoms with E-state index in [9.17, 15) is 5.21 Å². The predicted octanol–water partition coefficient (Wildman–Crippen LogP) is -0.274. The van der Waals surface area contributed by atoms with Crippen LogP contribution in [0.4, 0.5) is 0 Å². The second kappa shape index (κ2) is 3.34. The highest BCUT2D eigenvalue weighted by Crippen LogP contribution is 1.96. The van der Waals surface area contributed by atoms with Crippen LogP contribution in [0.25, 0.3) is 0 Å². The molecule has 5 heteroatoms. The third kappa shape index (κ3) is 1.68. The average Bonchev–Trinajstić information content (AvgIpc) is 2.31. The summed E-state index contributed by atoms with van der Waals surface area (Å²) in [6, 6.07) is 0. The molecule has 1 N–H and O–H groups in total. The molecule has 0 bridgehead atoms. The number of hydrogen-bond donors (Lipinski definition) is 1. The Kier molecular flexibility index (Phi) is 2.43. The molecule has 1 aromatic rings. The van der Waals surface area contributed by atoms with Crippen molar-refractivity contribution in [2.75, 3.05) is 6.54 Å². The summed E-state index contributed by atoms with van der Waals surface area (Å²) in [4.78, 5) is 0.409. The van der Waals surface area contributed by atoms with Crippen LogP contribution < -0.4 is 10.2 Å². The molecule has 5 nitrogen and oxygen atoms in total. The van der Waals surface area contributed by atoms with Crippen LogP contribution in [0, 0.1) is 12.1 Å². The number of hydrogen-bond acceptors (Lipinski definition) is 4. The van der Waals surface area contributed by atoms with E-state index in [1.54, 1.807) is 6.92 Å². The van der Waals surface area contributed by atoms with E-state index in [1.807, 2.05) is 6.92 Å². The molecular formula is C6H11N3O2. The van der Waals surface area contributed by atoms with E-state index in [2.05, 4.69) is 15.1 Å². The Labute approximate surface area is 64.5 Å². The first-order valence-electron chi connectivity index (χ1n) is 3.51. The molecule has 0 saturated heterocycles. The van der Waals surface area contributed by atoms with Gasteiger partial charge in [0.1, 0.15) is 0 Å². The molecule has 1 aromatic heterocycles. The van der Waals surface area contributed by atoms with Crippen molar-refractivity contribution >= 4 is 0 Å². The van der Waals surface area contributed by atoms with E-state index >= 15 is 0 Å². The molecule has 0 unspecified atom stereocenters. The minimum atomic E-state index is 0.409. The first-order valence-corrected chi connectivity index (χ1v) is 3.51. The van der Waals surface area contributed by atoms with Gasteiger partial charge in [-0.25, -0.2) is 0 Å². The zero-order valence-corrected chi connectivity index (χ0v) is 6.63. The van der Waals surface area contributed by atoms with Gasteiger partial charge in [0.15, 0.2) is 5.69 Å². The van der Waals surface area contributed by atoms with E-state index in [-0.39, 0.29) is 0 Å². The standard InChI is InChI=1S/C6H11N3O2/c1-3-7-4-6-5(2)9(10)11-8-6/h7H,3-4H2,1-2H3. The lowest BCUT2D eigenvalue weighted by molar-refractivity contribution is -0.806. The van der Waals surface area contributed by atoms with Gasteiger partial charge in [0, 0.05) is 12.1 Å². The molecule has 0 spiro atoms. The van der Waals surface area contributed by atoms with Gasteiger partial charge in [0.2, 0.25) is 5.69 Å². The largest absolute Gasteiger partial charge is 0.359 e. The van der Waals surface area contributed by atoms with Gasteiger partial charge < -0.3 is 10.5 Å². The quantitative estimate of drug-likeness (QED) is 0.613. The fraction of sp³-hybridized carbons (Fsp3) is 0.667. The molecule has 1 rings (SSSR count). The molecule has 11 heavy (non-hydrogen) atoms. The third-order valence-corrected chi connectivity index (χ3v) is 1.46. The lowest BCUT2D eigenvalue weighted by atomic mass is 10.3. The van der Waals surface area contributed by atoms with Crippen molar-refractivity contribution in [2.24, 2.45) is 0 Å². The van der Waals surface area contributed by atoms with Crippen LogP contribution >= 0.6 is 0 Å². The molecule has 0 aromatic carbocycles. The smallest absolute Gasteiger partial charge is 0.234 e. The molecule has 62 valence electrons. The highest BCUT2D eigenvalue weighted by atomic mass is 16.8. The van der Waals surface area contributed by atoms with Gasteiger partial charge in [-0.1, -0.05) is 6.92 Å². The lowest BCUT2D eigenvalue weighted by Gasteiger charge is -1.92. The third-order valence-electron chi connectivity index (χ3n) is 1.46. The topological polar surface area (TPSA) is 65.0 Å². The van der Waals surface area contributed by atoms with Crippen LogP contribution in [0.3, 0.4) is 0 Å². The van der Waals surface area contributed by atoms with E-state index in [1.165, 1.54) is 0 Å². The normalized spacial score (nSPS) is 10.4. The fourth-order valence-corrected chi connectivity index (χ4v) is 0.723. The molecule has 0 atom stereocenters. The monoisotopic (exact) mass is 157 g/mol. The minimum Gasteiger partial charge on any atom is -0.359 e. The maximum Gasteiger partial charge on any atom is 0.234 e. The van der Waals surface area contributed by atoms with Crippen molar-refractivity contribution in [1.82, 2.24) is 10.5 Å². The van der Waals surface area contributed by atoms with Gasteiger partial charge in [-0.2, -0.15) is 0 Å². The van der Waals surface area contributed by atoms with E-state index in [0.29, 0.717) is 22.8 Å². The molecule has 0 amide bonds. The zero-order valence-electron chi connectivity index (χ0n) is 6.63. The number of nitrogens with zero attached hydrogens (tertiary/aromatic N) is 2. The first-order chi connectivity index (χ1) is 5.25. The van der Waals surface area contributed by atoms with E-state index < -0.39 is 0 Å². The molecule has 0 radical (unpaired) electrons. The van der Waals surface area contributed by atoms with Gasteiger partial charge in [-0.3, -0.25) is 4.63 Å². The van der Waals surface area contributed by atoms with Crippen LogP contribution in [0.5, 0.6) is 0 Å². The number of nitrogens with one attached hydrogen (secondary N) is 1. The van der Waals surface area contributed by atoms with E-state index in [0.717, 1.165) is 6.54 Å². The zero-order chi connectivity index (χ0) is 8.27. The Bertz CT molecular complexity index is 234. The second-order valence-corrected chi connectivity index (χ2v) is 2.24. The molecule has 0 fully saturated rings. The highest BCUT2D eigenvalue weighted by Gasteiger charge is 2.11. The summed E-state index contributed by atoms with van der Waals surface area (Å²) in [5.74, 6) is 0. The van der Waals surface area contributed by atoms with Crippen molar-refractivity contribution in [3.05, 3.63) is 16.6 Å². The Hall–Kier alpha value is -1.10. The summed E-state index contributed by atoms with van der Waals surface area (Å²) in [5.41, 5.74) is 1.19. The summed E-state index contributed by atoms with van der Waals surface area (Å²) in [6.07, 6.45) is 0. The summed E-state index contributed by atoms with van der Waals surface area (Å²) >= 11 is 0. The molecule has 0 aliphatic rings. The van der Waals surface area contributed by atoms with Gasteiger partial charge in [-0.05, 0) is 11.4 Å².